The molecular weight excluding hydrogens is 414 g/mol. The fraction of sp³-hybridized carbons (Fsp3) is 0.435. The first kappa shape index (κ1) is 24.2. The van der Waals surface area contributed by atoms with Crippen LogP contribution in [-0.4, -0.2) is 36.2 Å². The molecule has 0 fully saturated rings. The molecule has 8 heteroatoms. The largest absolute Gasteiger partial charge is 0.497 e. The number of allylic oxidation sites excluding steroid dienone is 3. The average Bonchev–Trinajstić information content (AvgIpc) is 3.05. The van der Waals surface area contributed by atoms with Crippen LogP contribution in [0.5, 0.6) is 0 Å². The molecule has 1 N–H and O–H groups in total. The molecule has 1 aliphatic heterocycles. The maximum absolute atomic E-state index is 12.4. The standard InChI is InChI=1S/C23H29N3O4S/c1-7-16(29-6)12-15(2)8-9-20(27)25-21-18(13-24)17-10-11-26(14-19(17)31-21)22(28)30-23(3,4)5/h7,12H,1-2,8-11,14H2,3-6H3,(H,25,27)/b16-12+. The Bertz CT molecular complexity index is 947. The molecule has 0 saturated carbocycles. The number of thiophene rings is 1. The second-order valence-corrected chi connectivity index (χ2v) is 9.24. The van der Waals surface area contributed by atoms with E-state index in [9.17, 15) is 14.9 Å². The van der Waals surface area contributed by atoms with Crippen molar-refractivity contribution < 1.29 is 19.1 Å². The minimum Gasteiger partial charge on any atom is -0.497 e. The Labute approximate surface area is 187 Å². The molecule has 7 nitrogen and oxygen atoms in total. The Kier molecular flexibility index (Phi) is 8.06. The number of carbonyl (C=O) groups excluding carboxylic acids is 2. The van der Waals surface area contributed by atoms with Crippen LogP contribution in [-0.2, 0) is 27.2 Å². The smallest absolute Gasteiger partial charge is 0.410 e. The van der Waals surface area contributed by atoms with E-state index in [0.29, 0.717) is 42.3 Å². The first-order chi connectivity index (χ1) is 14.6. The first-order valence-electron chi connectivity index (χ1n) is 9.96. The number of nitrogens with zero attached hydrogens (tertiary/aromatic N) is 2. The lowest BCUT2D eigenvalue weighted by Gasteiger charge is -2.29. The van der Waals surface area contributed by atoms with E-state index in [1.165, 1.54) is 11.3 Å². The molecule has 0 saturated heterocycles. The van der Waals surface area contributed by atoms with Crippen LogP contribution < -0.4 is 5.32 Å². The third kappa shape index (κ3) is 6.72. The number of carbonyl (C=O) groups is 2. The molecule has 0 bridgehead atoms. The van der Waals surface area contributed by atoms with Crippen molar-refractivity contribution in [1.82, 2.24) is 4.90 Å². The lowest BCUT2D eigenvalue weighted by molar-refractivity contribution is -0.116. The van der Waals surface area contributed by atoms with Gasteiger partial charge in [0.25, 0.3) is 0 Å². The Balaban J connectivity index is 2.04. The zero-order valence-corrected chi connectivity index (χ0v) is 19.4. The number of methoxy groups -OCH3 is 1. The summed E-state index contributed by atoms with van der Waals surface area (Å²) >= 11 is 1.33. The fourth-order valence-corrected chi connectivity index (χ4v) is 4.26. The molecule has 0 atom stereocenters. The lowest BCUT2D eigenvalue weighted by Crippen LogP contribution is -2.39. The van der Waals surface area contributed by atoms with Crippen LogP contribution in [0.4, 0.5) is 9.80 Å². The SMILES string of the molecule is C=C/C(=C\C(=C)CCC(=O)Nc1sc2c(c1C#N)CCN(C(=O)OC(C)(C)C)C2)OC. The molecule has 0 spiro atoms. The van der Waals surface area contributed by atoms with Crippen molar-refractivity contribution in [1.29, 1.82) is 5.26 Å². The summed E-state index contributed by atoms with van der Waals surface area (Å²) < 4.78 is 10.6. The number of amides is 2. The van der Waals surface area contributed by atoms with Crippen molar-refractivity contribution in [2.24, 2.45) is 0 Å². The quantitative estimate of drug-likeness (QED) is 0.478. The number of nitrogens with one attached hydrogen (secondary N) is 1. The average molecular weight is 444 g/mol. The van der Waals surface area contributed by atoms with Gasteiger partial charge in [-0.05, 0) is 51.3 Å². The number of fused-ring (bicyclic) bond motifs is 1. The second-order valence-electron chi connectivity index (χ2n) is 8.13. The fourth-order valence-electron chi connectivity index (χ4n) is 3.03. The van der Waals surface area contributed by atoms with Gasteiger partial charge < -0.3 is 19.7 Å². The van der Waals surface area contributed by atoms with E-state index in [4.69, 9.17) is 9.47 Å². The number of hydrogen-bond donors (Lipinski definition) is 1. The van der Waals surface area contributed by atoms with E-state index in [1.807, 2.05) is 20.8 Å². The molecule has 31 heavy (non-hydrogen) atoms. The van der Waals surface area contributed by atoms with Crippen molar-refractivity contribution in [2.45, 2.75) is 52.2 Å². The highest BCUT2D eigenvalue weighted by Gasteiger charge is 2.30. The third-order valence-electron chi connectivity index (χ3n) is 4.53. The molecule has 0 unspecified atom stereocenters. The third-order valence-corrected chi connectivity index (χ3v) is 5.66. The summed E-state index contributed by atoms with van der Waals surface area (Å²) in [6, 6.07) is 2.20. The maximum Gasteiger partial charge on any atom is 0.410 e. The van der Waals surface area contributed by atoms with Crippen molar-refractivity contribution >= 4 is 28.3 Å². The molecule has 2 rings (SSSR count). The van der Waals surface area contributed by atoms with Crippen molar-refractivity contribution in [3.05, 3.63) is 52.6 Å². The van der Waals surface area contributed by atoms with E-state index in [1.54, 1.807) is 24.2 Å². The molecule has 0 aromatic carbocycles. The van der Waals surface area contributed by atoms with Crippen LogP contribution in [0.3, 0.4) is 0 Å². The van der Waals surface area contributed by atoms with Gasteiger partial charge in [0.15, 0.2) is 0 Å². The van der Waals surface area contributed by atoms with Crippen molar-refractivity contribution in [2.75, 3.05) is 19.0 Å². The van der Waals surface area contributed by atoms with Crippen LogP contribution >= 0.6 is 11.3 Å². The molecular formula is C23H29N3O4S. The van der Waals surface area contributed by atoms with Crippen LogP contribution in [0.15, 0.2) is 36.6 Å². The minimum atomic E-state index is -0.571. The molecule has 166 valence electrons. The van der Waals surface area contributed by atoms with Gasteiger partial charge in [0.05, 0.1) is 19.2 Å². The Hall–Kier alpha value is -3.05. The topological polar surface area (TPSA) is 91.7 Å². The maximum atomic E-state index is 12.4. The summed E-state index contributed by atoms with van der Waals surface area (Å²) in [5, 5.41) is 13.0. The van der Waals surface area contributed by atoms with Crippen LogP contribution in [0.2, 0.25) is 0 Å². The van der Waals surface area contributed by atoms with Crippen molar-refractivity contribution in [3.63, 3.8) is 0 Å². The number of hydrogen-bond acceptors (Lipinski definition) is 6. The summed E-state index contributed by atoms with van der Waals surface area (Å²) in [7, 11) is 1.54. The van der Waals surface area contributed by atoms with Gasteiger partial charge in [-0.25, -0.2) is 4.79 Å². The highest BCUT2D eigenvalue weighted by molar-refractivity contribution is 7.16. The number of rotatable bonds is 7. The van der Waals surface area contributed by atoms with Gasteiger partial charge in [-0.3, -0.25) is 4.79 Å². The van der Waals surface area contributed by atoms with E-state index in [2.05, 4.69) is 24.5 Å². The zero-order valence-electron chi connectivity index (χ0n) is 18.5. The lowest BCUT2D eigenvalue weighted by atomic mass is 10.0. The normalized spacial score (nSPS) is 13.6. The Morgan fingerprint density at radius 2 is 2.06 bits per heavy atom. The number of ether oxygens (including phenoxy) is 2. The first-order valence-corrected chi connectivity index (χ1v) is 10.8. The zero-order chi connectivity index (χ0) is 23.2. The van der Waals surface area contributed by atoms with Gasteiger partial charge in [0, 0.05) is 17.8 Å². The highest BCUT2D eigenvalue weighted by atomic mass is 32.1. The van der Waals surface area contributed by atoms with Crippen LogP contribution in [0.25, 0.3) is 0 Å². The predicted octanol–water partition coefficient (Wildman–Crippen LogP) is 4.90. The van der Waals surface area contributed by atoms with Crippen LogP contribution in [0, 0.1) is 11.3 Å². The summed E-state index contributed by atoms with van der Waals surface area (Å²) in [5.41, 5.74) is 1.54. The molecule has 1 aromatic rings. The Morgan fingerprint density at radius 1 is 1.35 bits per heavy atom. The van der Waals surface area contributed by atoms with E-state index in [0.717, 1.165) is 16.0 Å². The van der Waals surface area contributed by atoms with E-state index < -0.39 is 5.60 Å². The summed E-state index contributed by atoms with van der Waals surface area (Å²) in [4.78, 5) is 27.3. The molecule has 2 heterocycles. The van der Waals surface area contributed by atoms with Gasteiger partial charge in [0.1, 0.15) is 22.4 Å². The molecule has 1 aromatic heterocycles. The summed E-state index contributed by atoms with van der Waals surface area (Å²) in [5.74, 6) is 0.379. The predicted molar refractivity (Wildman–Crippen MR) is 122 cm³/mol. The monoisotopic (exact) mass is 443 g/mol. The van der Waals surface area contributed by atoms with E-state index in [-0.39, 0.29) is 18.4 Å². The van der Waals surface area contributed by atoms with Crippen molar-refractivity contribution in [3.8, 4) is 6.07 Å². The summed E-state index contributed by atoms with van der Waals surface area (Å²) in [6.07, 6.45) is 4.15. The van der Waals surface area contributed by atoms with Gasteiger partial charge in [-0.1, -0.05) is 18.7 Å². The van der Waals surface area contributed by atoms with Gasteiger partial charge in [0.2, 0.25) is 5.91 Å². The minimum absolute atomic E-state index is 0.203. The van der Waals surface area contributed by atoms with Crippen LogP contribution in [0.1, 0.15) is 49.6 Å². The van der Waals surface area contributed by atoms with Gasteiger partial charge in [-0.2, -0.15) is 5.26 Å². The number of anilines is 1. The highest BCUT2D eigenvalue weighted by Crippen LogP contribution is 2.37. The Morgan fingerprint density at radius 3 is 2.65 bits per heavy atom. The van der Waals surface area contributed by atoms with Gasteiger partial charge >= 0.3 is 6.09 Å². The molecule has 0 aliphatic carbocycles. The molecule has 0 radical (unpaired) electrons. The second kappa shape index (κ2) is 10.3. The summed E-state index contributed by atoms with van der Waals surface area (Å²) in [6.45, 7) is 13.9. The molecule has 1 aliphatic rings. The molecule has 2 amide bonds. The van der Waals surface area contributed by atoms with E-state index >= 15 is 0 Å². The number of nitriles is 1. The van der Waals surface area contributed by atoms with Gasteiger partial charge in [-0.15, -0.1) is 11.3 Å².